The van der Waals surface area contributed by atoms with Gasteiger partial charge < -0.3 is 14.8 Å². The number of esters is 1. The number of ether oxygens (including phenoxy) is 2. The molecule has 0 aliphatic heterocycles. The molecule has 0 saturated carbocycles. The van der Waals surface area contributed by atoms with Crippen molar-refractivity contribution in [1.82, 2.24) is 5.32 Å². The molecular weight excluding hydrogens is 410 g/mol. The fraction of sp³-hybridized carbons (Fsp3) is 0.360. The van der Waals surface area contributed by atoms with Crippen molar-refractivity contribution in [2.75, 3.05) is 6.61 Å². The lowest BCUT2D eigenvalue weighted by atomic mass is 9.84. The van der Waals surface area contributed by atoms with Crippen molar-refractivity contribution in [3.8, 4) is 0 Å². The summed E-state index contributed by atoms with van der Waals surface area (Å²) in [7, 11) is 0. The first-order chi connectivity index (χ1) is 15.1. The highest BCUT2D eigenvalue weighted by molar-refractivity contribution is 5.87. The molecule has 2 aromatic rings. The summed E-state index contributed by atoms with van der Waals surface area (Å²) >= 11 is 0. The minimum absolute atomic E-state index is 0.111. The van der Waals surface area contributed by atoms with Crippen molar-refractivity contribution in [2.45, 2.75) is 51.7 Å². The Hall–Kier alpha value is -3.48. The molecule has 0 fully saturated rings. The Morgan fingerprint density at radius 1 is 0.844 bits per heavy atom. The smallest absolute Gasteiger partial charge is 0.408 e. The zero-order valence-corrected chi connectivity index (χ0v) is 18.8. The van der Waals surface area contributed by atoms with Crippen LogP contribution in [0.2, 0.25) is 0 Å². The molecule has 170 valence electrons. The SMILES string of the molecule is CCOC(=O)C(Cc1ccc(C=O)cc1)(Cc1ccc(C=O)cc1)NC(=O)OC(C)(C)C. The number of hydrogen-bond donors (Lipinski definition) is 1. The Morgan fingerprint density at radius 2 is 1.28 bits per heavy atom. The summed E-state index contributed by atoms with van der Waals surface area (Å²) in [6.07, 6.45) is 0.935. The predicted molar refractivity (Wildman–Crippen MR) is 120 cm³/mol. The van der Waals surface area contributed by atoms with E-state index in [4.69, 9.17) is 9.47 Å². The molecule has 2 aromatic carbocycles. The largest absolute Gasteiger partial charge is 0.464 e. The summed E-state index contributed by atoms with van der Waals surface area (Å²) in [5.74, 6) is -0.607. The minimum atomic E-state index is -1.47. The Kier molecular flexibility index (Phi) is 8.29. The molecule has 0 aliphatic rings. The van der Waals surface area contributed by atoms with E-state index in [1.165, 1.54) is 0 Å². The third kappa shape index (κ3) is 7.04. The van der Waals surface area contributed by atoms with Crippen molar-refractivity contribution in [1.29, 1.82) is 0 Å². The van der Waals surface area contributed by atoms with E-state index in [1.54, 1.807) is 76.2 Å². The van der Waals surface area contributed by atoms with Crippen molar-refractivity contribution in [3.63, 3.8) is 0 Å². The molecular formula is C25H29NO6. The quantitative estimate of drug-likeness (QED) is 0.470. The van der Waals surface area contributed by atoms with Crippen molar-refractivity contribution < 1.29 is 28.7 Å². The molecule has 1 N–H and O–H groups in total. The first-order valence-electron chi connectivity index (χ1n) is 10.4. The maximum atomic E-state index is 13.2. The standard InChI is InChI=1S/C25H29NO6/c1-5-31-22(29)25(26-23(30)32-24(2,3)4,14-18-6-10-20(16-27)11-7-18)15-19-8-12-21(17-28)13-9-19/h6-13,16-17H,5,14-15H2,1-4H3,(H,26,30). The lowest BCUT2D eigenvalue weighted by molar-refractivity contribution is -0.151. The van der Waals surface area contributed by atoms with E-state index in [0.29, 0.717) is 11.1 Å². The maximum Gasteiger partial charge on any atom is 0.408 e. The highest BCUT2D eigenvalue weighted by Crippen LogP contribution is 2.23. The fourth-order valence-electron chi connectivity index (χ4n) is 3.24. The van der Waals surface area contributed by atoms with Crippen molar-refractivity contribution >= 4 is 24.6 Å². The van der Waals surface area contributed by atoms with Gasteiger partial charge in [0, 0.05) is 24.0 Å². The average Bonchev–Trinajstić information content (AvgIpc) is 2.73. The van der Waals surface area contributed by atoms with Crippen LogP contribution < -0.4 is 5.32 Å². The Balaban J connectivity index is 2.49. The maximum absolute atomic E-state index is 13.2. The monoisotopic (exact) mass is 439 g/mol. The van der Waals surface area contributed by atoms with E-state index in [2.05, 4.69) is 5.32 Å². The average molecular weight is 440 g/mol. The summed E-state index contributed by atoms with van der Waals surface area (Å²) in [5, 5.41) is 2.75. The van der Waals surface area contributed by atoms with Crippen molar-refractivity contribution in [3.05, 3.63) is 70.8 Å². The van der Waals surface area contributed by atoms with Crippen LogP contribution in [0.5, 0.6) is 0 Å². The molecule has 0 bridgehead atoms. The number of aldehydes is 2. The fourth-order valence-corrected chi connectivity index (χ4v) is 3.24. The second-order valence-electron chi connectivity index (χ2n) is 8.50. The van der Waals surface area contributed by atoms with Gasteiger partial charge in [0.1, 0.15) is 23.7 Å². The number of carbonyl (C=O) groups excluding carboxylic acids is 4. The number of hydrogen-bond acceptors (Lipinski definition) is 6. The van der Waals surface area contributed by atoms with Crippen LogP contribution in [0, 0.1) is 0 Å². The first kappa shape index (κ1) is 24.8. The zero-order chi connectivity index (χ0) is 23.8. The Labute approximate surface area is 188 Å². The molecule has 0 atom stereocenters. The van der Waals surface area contributed by atoms with Gasteiger partial charge in [0.25, 0.3) is 0 Å². The third-order valence-electron chi connectivity index (χ3n) is 4.65. The van der Waals surface area contributed by atoms with Gasteiger partial charge in [0.15, 0.2) is 0 Å². The second-order valence-corrected chi connectivity index (χ2v) is 8.50. The van der Waals surface area contributed by atoms with Crippen LogP contribution >= 0.6 is 0 Å². The van der Waals surface area contributed by atoms with Crippen LogP contribution in [0.15, 0.2) is 48.5 Å². The van der Waals surface area contributed by atoms with Gasteiger partial charge in [-0.1, -0.05) is 48.5 Å². The topological polar surface area (TPSA) is 98.8 Å². The molecule has 0 aromatic heterocycles. The predicted octanol–water partition coefficient (Wildman–Crippen LogP) is 3.92. The van der Waals surface area contributed by atoms with Crippen LogP contribution in [-0.4, -0.2) is 42.4 Å². The van der Waals surface area contributed by atoms with Crippen molar-refractivity contribution in [2.24, 2.45) is 0 Å². The summed E-state index contributed by atoms with van der Waals surface area (Å²) in [4.78, 5) is 47.9. The molecule has 1 amide bonds. The Morgan fingerprint density at radius 3 is 1.62 bits per heavy atom. The van der Waals surface area contributed by atoms with Crippen LogP contribution in [0.4, 0.5) is 4.79 Å². The first-order valence-corrected chi connectivity index (χ1v) is 10.4. The number of amides is 1. The van der Waals surface area contributed by atoms with E-state index in [1.807, 2.05) is 0 Å². The summed E-state index contributed by atoms with van der Waals surface area (Å²) in [6.45, 7) is 7.01. The van der Waals surface area contributed by atoms with E-state index in [0.717, 1.165) is 23.7 Å². The van der Waals surface area contributed by atoms with Crippen LogP contribution in [0.3, 0.4) is 0 Å². The zero-order valence-electron chi connectivity index (χ0n) is 18.8. The molecule has 2 rings (SSSR count). The van der Waals surface area contributed by atoms with Gasteiger partial charge in [-0.25, -0.2) is 9.59 Å². The van der Waals surface area contributed by atoms with Gasteiger partial charge in [-0.15, -0.1) is 0 Å². The lowest BCUT2D eigenvalue weighted by Crippen LogP contribution is -2.59. The summed E-state index contributed by atoms with van der Waals surface area (Å²) < 4.78 is 10.8. The van der Waals surface area contributed by atoms with Gasteiger partial charge in [-0.2, -0.15) is 0 Å². The number of carbonyl (C=O) groups is 4. The molecule has 7 nitrogen and oxygen atoms in total. The number of nitrogens with one attached hydrogen (secondary N) is 1. The molecule has 7 heteroatoms. The molecule has 0 heterocycles. The number of alkyl carbamates (subject to hydrolysis) is 1. The van der Waals surface area contributed by atoms with Crippen LogP contribution in [0.25, 0.3) is 0 Å². The molecule has 0 saturated heterocycles. The lowest BCUT2D eigenvalue weighted by Gasteiger charge is -2.34. The molecule has 32 heavy (non-hydrogen) atoms. The summed E-state index contributed by atoms with van der Waals surface area (Å²) in [6, 6.07) is 13.5. The molecule has 0 radical (unpaired) electrons. The van der Waals surface area contributed by atoms with E-state index < -0.39 is 23.2 Å². The van der Waals surface area contributed by atoms with Crippen LogP contribution in [0.1, 0.15) is 59.5 Å². The molecule has 0 unspecified atom stereocenters. The Bertz CT molecular complexity index is 888. The van der Waals surface area contributed by atoms with Gasteiger partial charge >= 0.3 is 12.1 Å². The van der Waals surface area contributed by atoms with Crippen LogP contribution in [-0.2, 0) is 27.1 Å². The second kappa shape index (κ2) is 10.7. The van der Waals surface area contributed by atoms with E-state index >= 15 is 0 Å². The van der Waals surface area contributed by atoms with Gasteiger partial charge in [0.2, 0.25) is 0 Å². The van der Waals surface area contributed by atoms with Gasteiger partial charge in [-0.3, -0.25) is 9.59 Å². The number of rotatable bonds is 9. The number of benzene rings is 2. The third-order valence-corrected chi connectivity index (χ3v) is 4.65. The van der Waals surface area contributed by atoms with E-state index in [9.17, 15) is 19.2 Å². The summed E-state index contributed by atoms with van der Waals surface area (Å²) in [5.41, 5.74) is 0.222. The van der Waals surface area contributed by atoms with Gasteiger partial charge in [0.05, 0.1) is 6.61 Å². The highest BCUT2D eigenvalue weighted by Gasteiger charge is 2.43. The van der Waals surface area contributed by atoms with E-state index in [-0.39, 0.29) is 19.4 Å². The highest BCUT2D eigenvalue weighted by atomic mass is 16.6. The molecule has 0 aliphatic carbocycles. The van der Waals surface area contributed by atoms with Gasteiger partial charge in [-0.05, 0) is 38.8 Å². The minimum Gasteiger partial charge on any atom is -0.464 e. The molecule has 0 spiro atoms. The normalized spacial score (nSPS) is 11.4.